The molecule has 194 valence electrons. The number of benzene rings is 1. The van der Waals surface area contributed by atoms with Crippen molar-refractivity contribution in [1.82, 2.24) is 19.8 Å². The maximum Gasteiger partial charge on any atom is 0.421 e. The van der Waals surface area contributed by atoms with Crippen LogP contribution in [0.4, 0.5) is 30.6 Å². The smallest absolute Gasteiger partial charge is 0.369 e. The highest BCUT2D eigenvalue weighted by molar-refractivity contribution is 5.94. The van der Waals surface area contributed by atoms with Gasteiger partial charge in [0, 0.05) is 49.7 Å². The fourth-order valence-corrected chi connectivity index (χ4v) is 4.60. The molecule has 2 aliphatic rings. The molecule has 2 fully saturated rings. The molecule has 1 aliphatic carbocycles. The Morgan fingerprint density at radius 3 is 2.36 bits per heavy atom. The second-order valence-electron chi connectivity index (χ2n) is 9.30. The van der Waals surface area contributed by atoms with Gasteiger partial charge in [0.05, 0.1) is 5.92 Å². The maximum atomic E-state index is 13.6. The minimum atomic E-state index is -4.68. The van der Waals surface area contributed by atoms with Crippen LogP contribution in [0.2, 0.25) is 0 Å². The number of anilines is 3. The Balaban J connectivity index is 1.50. The van der Waals surface area contributed by atoms with Crippen LogP contribution < -0.4 is 16.4 Å². The largest absolute Gasteiger partial charge is 0.421 e. The van der Waals surface area contributed by atoms with Crippen molar-refractivity contribution in [3.8, 4) is 0 Å². The van der Waals surface area contributed by atoms with Crippen LogP contribution in [0.25, 0.3) is 0 Å². The summed E-state index contributed by atoms with van der Waals surface area (Å²) in [5, 5.41) is 5.70. The van der Waals surface area contributed by atoms with Crippen molar-refractivity contribution < 1.29 is 22.8 Å². The minimum absolute atomic E-state index is 0.0462. The van der Waals surface area contributed by atoms with Crippen LogP contribution in [0.5, 0.6) is 0 Å². The molecule has 4 rings (SSSR count). The molecule has 1 aromatic carbocycles. The molecule has 1 aliphatic heterocycles. The van der Waals surface area contributed by atoms with Crippen molar-refractivity contribution in [1.29, 1.82) is 0 Å². The van der Waals surface area contributed by atoms with Crippen molar-refractivity contribution >= 4 is 29.3 Å². The summed E-state index contributed by atoms with van der Waals surface area (Å²) in [6.45, 7) is 2.94. The fourth-order valence-electron chi connectivity index (χ4n) is 4.60. The van der Waals surface area contributed by atoms with E-state index in [0.717, 1.165) is 25.9 Å². The molecular formula is C24H30F3N7O2. The van der Waals surface area contributed by atoms with Crippen molar-refractivity contribution in [2.24, 2.45) is 11.7 Å². The van der Waals surface area contributed by atoms with Gasteiger partial charge in [0.1, 0.15) is 11.4 Å². The van der Waals surface area contributed by atoms with Gasteiger partial charge in [-0.3, -0.25) is 9.59 Å². The molecule has 2 amide bonds. The van der Waals surface area contributed by atoms with E-state index in [1.54, 1.807) is 29.2 Å². The Morgan fingerprint density at radius 2 is 1.72 bits per heavy atom. The number of nitrogens with zero attached hydrogens (tertiary/aromatic N) is 4. The molecule has 12 heteroatoms. The summed E-state index contributed by atoms with van der Waals surface area (Å²) in [7, 11) is 2.01. The lowest BCUT2D eigenvalue weighted by atomic mass is 9.84. The number of likely N-dealkylation sites (N-methyl/N-ethyl adjacent to an activating group) is 1. The van der Waals surface area contributed by atoms with Crippen molar-refractivity contribution in [3.05, 3.63) is 41.6 Å². The van der Waals surface area contributed by atoms with Crippen LogP contribution in [0, 0.1) is 5.92 Å². The Kier molecular flexibility index (Phi) is 7.62. The predicted molar refractivity (Wildman–Crippen MR) is 129 cm³/mol. The molecule has 1 saturated heterocycles. The van der Waals surface area contributed by atoms with Gasteiger partial charge in [-0.05, 0) is 44.2 Å². The highest BCUT2D eigenvalue weighted by Gasteiger charge is 2.37. The summed E-state index contributed by atoms with van der Waals surface area (Å²) in [6.07, 6.45) is -1.36. The zero-order valence-corrected chi connectivity index (χ0v) is 20.0. The third kappa shape index (κ3) is 6.04. The number of carbonyl (C=O) groups is 2. The van der Waals surface area contributed by atoms with Gasteiger partial charge in [-0.1, -0.05) is 12.8 Å². The van der Waals surface area contributed by atoms with Crippen molar-refractivity contribution in [2.45, 2.75) is 37.9 Å². The van der Waals surface area contributed by atoms with Gasteiger partial charge in [-0.15, -0.1) is 0 Å². The molecule has 0 bridgehead atoms. The first kappa shape index (κ1) is 25.7. The summed E-state index contributed by atoms with van der Waals surface area (Å²) >= 11 is 0. The normalized spacial score (nSPS) is 21.2. The van der Waals surface area contributed by atoms with E-state index in [4.69, 9.17) is 5.73 Å². The first-order valence-corrected chi connectivity index (χ1v) is 12.0. The number of halogens is 3. The van der Waals surface area contributed by atoms with E-state index in [1.807, 2.05) is 7.05 Å². The second kappa shape index (κ2) is 10.7. The standard InChI is InChI=1S/C24H30F3N7O2/c1-33-10-12-34(13-11-33)22(36)15-6-8-16(9-7-15)30-23-29-14-18(24(25,26)27)21(32-23)31-19-5-3-2-4-17(19)20(28)35/h6-9,14,17,19H,2-5,10-13H2,1H3,(H2,28,35)(H2,29,30,31,32)/t17-,19-/m1/s1. The highest BCUT2D eigenvalue weighted by atomic mass is 19.4. The number of primary amides is 1. The topological polar surface area (TPSA) is 116 Å². The van der Waals surface area contributed by atoms with Gasteiger partial charge in [0.2, 0.25) is 11.9 Å². The predicted octanol–water partition coefficient (Wildman–Crippen LogP) is 3.08. The molecule has 36 heavy (non-hydrogen) atoms. The van der Waals surface area contributed by atoms with Gasteiger partial charge in [0.25, 0.3) is 5.91 Å². The van der Waals surface area contributed by atoms with Gasteiger partial charge in [0.15, 0.2) is 0 Å². The average Bonchev–Trinajstić information content (AvgIpc) is 2.84. The number of rotatable bonds is 6. The number of hydrogen-bond acceptors (Lipinski definition) is 7. The van der Waals surface area contributed by atoms with Crippen molar-refractivity contribution in [3.63, 3.8) is 0 Å². The van der Waals surface area contributed by atoms with E-state index >= 15 is 0 Å². The quantitative estimate of drug-likeness (QED) is 0.553. The Morgan fingerprint density at radius 1 is 1.06 bits per heavy atom. The molecule has 2 aromatic rings. The molecule has 2 heterocycles. The average molecular weight is 506 g/mol. The summed E-state index contributed by atoms with van der Waals surface area (Å²) < 4.78 is 40.9. The van der Waals surface area contributed by atoms with Crippen LogP contribution >= 0.6 is 0 Å². The zero-order valence-electron chi connectivity index (χ0n) is 20.0. The third-order valence-corrected chi connectivity index (χ3v) is 6.73. The molecule has 1 aromatic heterocycles. The lowest BCUT2D eigenvalue weighted by molar-refractivity contribution is -0.137. The van der Waals surface area contributed by atoms with Gasteiger partial charge >= 0.3 is 6.18 Å². The Bertz CT molecular complexity index is 1090. The number of nitrogens with two attached hydrogens (primary N) is 1. The SMILES string of the molecule is CN1CCN(C(=O)c2ccc(Nc3ncc(C(F)(F)F)c(N[C@@H]4CCCC[C@H]4C(N)=O)n3)cc2)CC1. The summed E-state index contributed by atoms with van der Waals surface area (Å²) in [6, 6.07) is 6.08. The highest BCUT2D eigenvalue weighted by Crippen LogP contribution is 2.36. The number of amides is 2. The minimum Gasteiger partial charge on any atom is -0.369 e. The van der Waals surface area contributed by atoms with Crippen LogP contribution in [-0.2, 0) is 11.0 Å². The lowest BCUT2D eigenvalue weighted by Crippen LogP contribution is -2.47. The monoisotopic (exact) mass is 505 g/mol. The molecule has 4 N–H and O–H groups in total. The van der Waals surface area contributed by atoms with E-state index in [1.165, 1.54) is 0 Å². The molecule has 0 spiro atoms. The zero-order chi connectivity index (χ0) is 25.9. The number of aromatic nitrogens is 2. The van der Waals surface area contributed by atoms with Gasteiger partial charge in [-0.2, -0.15) is 18.2 Å². The fraction of sp³-hybridized carbons (Fsp3) is 0.500. The lowest BCUT2D eigenvalue weighted by Gasteiger charge is -2.32. The molecule has 0 radical (unpaired) electrons. The number of alkyl halides is 3. The van der Waals surface area contributed by atoms with Crippen LogP contribution in [0.3, 0.4) is 0 Å². The first-order chi connectivity index (χ1) is 17.1. The van der Waals surface area contributed by atoms with Crippen LogP contribution in [-0.4, -0.2) is 70.9 Å². The summed E-state index contributed by atoms with van der Waals surface area (Å²) in [5.74, 6) is -1.63. The first-order valence-electron chi connectivity index (χ1n) is 12.0. The van der Waals surface area contributed by atoms with Crippen LogP contribution in [0.15, 0.2) is 30.5 Å². The number of nitrogens with one attached hydrogen (secondary N) is 2. The van der Waals surface area contributed by atoms with E-state index < -0.39 is 35.4 Å². The molecule has 2 atom stereocenters. The van der Waals surface area contributed by atoms with E-state index in [9.17, 15) is 22.8 Å². The van der Waals surface area contributed by atoms with E-state index in [-0.39, 0.29) is 11.9 Å². The van der Waals surface area contributed by atoms with Gasteiger partial charge in [-0.25, -0.2) is 4.98 Å². The molecule has 9 nitrogen and oxygen atoms in total. The number of hydrogen-bond donors (Lipinski definition) is 3. The number of carbonyl (C=O) groups excluding carboxylic acids is 2. The molecule has 0 unspecified atom stereocenters. The summed E-state index contributed by atoms with van der Waals surface area (Å²) in [5.41, 5.74) is 5.50. The van der Waals surface area contributed by atoms with Gasteiger partial charge < -0.3 is 26.2 Å². The summed E-state index contributed by atoms with van der Waals surface area (Å²) in [4.78, 5) is 36.4. The molecular weight excluding hydrogens is 475 g/mol. The number of piperazine rings is 1. The Hall–Kier alpha value is -3.41. The Labute approximate surface area is 207 Å². The van der Waals surface area contributed by atoms with Crippen molar-refractivity contribution in [2.75, 3.05) is 43.9 Å². The third-order valence-electron chi connectivity index (χ3n) is 6.73. The van der Waals surface area contributed by atoms with E-state index in [2.05, 4.69) is 25.5 Å². The van der Waals surface area contributed by atoms with Crippen LogP contribution in [0.1, 0.15) is 41.6 Å². The second-order valence-corrected chi connectivity index (χ2v) is 9.30. The molecule has 1 saturated carbocycles. The maximum absolute atomic E-state index is 13.6. The van der Waals surface area contributed by atoms with E-state index in [0.29, 0.717) is 43.4 Å².